The topological polar surface area (TPSA) is 80.4 Å². The summed E-state index contributed by atoms with van der Waals surface area (Å²) in [7, 11) is 1.75. The van der Waals surface area contributed by atoms with Crippen LogP contribution in [-0.4, -0.2) is 46.5 Å². The van der Waals surface area contributed by atoms with Crippen molar-refractivity contribution in [1.29, 1.82) is 0 Å². The molecule has 1 unspecified atom stereocenters. The molecule has 0 bridgehead atoms. The van der Waals surface area contributed by atoms with Gasteiger partial charge in [-0.25, -0.2) is 0 Å². The molecule has 2 amide bonds. The minimum Gasteiger partial charge on any atom is -0.366 e. The Kier molecular flexibility index (Phi) is 4.20. The highest BCUT2D eigenvalue weighted by molar-refractivity contribution is 5.98. The SMILES string of the molecule is Cn1cc(C(N)=O)cc1C(=O)NC1CCN(C2CCCC2)C1. The van der Waals surface area contributed by atoms with Crippen LogP contribution in [0, 0.1) is 0 Å². The Hall–Kier alpha value is -1.82. The van der Waals surface area contributed by atoms with Crippen molar-refractivity contribution < 1.29 is 9.59 Å². The molecule has 6 heteroatoms. The average Bonchev–Trinajstić information content (AvgIpc) is 3.16. The van der Waals surface area contributed by atoms with Crippen molar-refractivity contribution in [3.05, 3.63) is 23.5 Å². The van der Waals surface area contributed by atoms with Crippen LogP contribution in [0.5, 0.6) is 0 Å². The van der Waals surface area contributed by atoms with E-state index < -0.39 is 5.91 Å². The Balaban J connectivity index is 1.59. The maximum Gasteiger partial charge on any atom is 0.268 e. The van der Waals surface area contributed by atoms with Crippen molar-refractivity contribution in [2.24, 2.45) is 12.8 Å². The number of primary amides is 1. The summed E-state index contributed by atoms with van der Waals surface area (Å²) in [6.07, 6.45) is 7.84. The van der Waals surface area contributed by atoms with Crippen LogP contribution in [0.2, 0.25) is 0 Å². The van der Waals surface area contributed by atoms with Gasteiger partial charge in [0.1, 0.15) is 5.69 Å². The monoisotopic (exact) mass is 304 g/mol. The van der Waals surface area contributed by atoms with Gasteiger partial charge in [-0.2, -0.15) is 0 Å². The predicted octanol–water partition coefficient (Wildman–Crippen LogP) is 0.871. The van der Waals surface area contributed by atoms with E-state index in [0.717, 1.165) is 19.5 Å². The Morgan fingerprint density at radius 3 is 2.64 bits per heavy atom. The molecule has 1 aliphatic heterocycles. The number of nitrogens with two attached hydrogens (primary N) is 1. The van der Waals surface area contributed by atoms with Gasteiger partial charge in [0.25, 0.3) is 5.91 Å². The molecule has 1 atom stereocenters. The van der Waals surface area contributed by atoms with Crippen molar-refractivity contribution in [3.63, 3.8) is 0 Å². The molecule has 22 heavy (non-hydrogen) atoms. The van der Waals surface area contributed by atoms with Gasteiger partial charge in [-0.15, -0.1) is 0 Å². The molecule has 1 aromatic rings. The minimum atomic E-state index is -0.511. The van der Waals surface area contributed by atoms with Crippen molar-refractivity contribution in [2.75, 3.05) is 13.1 Å². The zero-order valence-electron chi connectivity index (χ0n) is 13.0. The van der Waals surface area contributed by atoms with Crippen LogP contribution in [0.15, 0.2) is 12.3 Å². The van der Waals surface area contributed by atoms with E-state index in [4.69, 9.17) is 5.73 Å². The molecule has 1 saturated carbocycles. The van der Waals surface area contributed by atoms with Crippen LogP contribution >= 0.6 is 0 Å². The highest BCUT2D eigenvalue weighted by atomic mass is 16.2. The Morgan fingerprint density at radius 1 is 1.27 bits per heavy atom. The molecular formula is C16H24N4O2. The van der Waals surface area contributed by atoms with Gasteiger partial charge >= 0.3 is 0 Å². The normalized spacial score (nSPS) is 23.0. The molecule has 2 heterocycles. The lowest BCUT2D eigenvalue weighted by atomic mass is 10.2. The van der Waals surface area contributed by atoms with Gasteiger partial charge in [0.2, 0.25) is 5.91 Å². The number of hydrogen-bond donors (Lipinski definition) is 2. The highest BCUT2D eigenvalue weighted by Crippen LogP contribution is 2.26. The summed E-state index contributed by atoms with van der Waals surface area (Å²) in [4.78, 5) is 26.1. The molecule has 120 valence electrons. The van der Waals surface area contributed by atoms with E-state index in [-0.39, 0.29) is 11.9 Å². The zero-order chi connectivity index (χ0) is 15.7. The third-order valence-electron chi connectivity index (χ3n) is 4.92. The van der Waals surface area contributed by atoms with Gasteiger partial charge in [0.05, 0.1) is 5.56 Å². The largest absolute Gasteiger partial charge is 0.366 e. The Labute approximate surface area is 130 Å². The van der Waals surface area contributed by atoms with Crippen LogP contribution < -0.4 is 11.1 Å². The van der Waals surface area contributed by atoms with E-state index >= 15 is 0 Å². The van der Waals surface area contributed by atoms with Gasteiger partial charge < -0.3 is 15.6 Å². The molecule has 0 aromatic carbocycles. The number of aromatic nitrogens is 1. The van der Waals surface area contributed by atoms with Crippen LogP contribution in [0.1, 0.15) is 53.0 Å². The van der Waals surface area contributed by atoms with Crippen LogP contribution in [0.25, 0.3) is 0 Å². The van der Waals surface area contributed by atoms with E-state index in [0.29, 0.717) is 17.3 Å². The molecule has 6 nitrogen and oxygen atoms in total. The number of hydrogen-bond acceptors (Lipinski definition) is 3. The summed E-state index contributed by atoms with van der Waals surface area (Å²) in [6.45, 7) is 2.00. The van der Waals surface area contributed by atoms with Crippen molar-refractivity contribution in [2.45, 2.75) is 44.2 Å². The van der Waals surface area contributed by atoms with E-state index in [9.17, 15) is 9.59 Å². The zero-order valence-corrected chi connectivity index (χ0v) is 13.0. The number of nitrogens with one attached hydrogen (secondary N) is 1. The summed E-state index contributed by atoms with van der Waals surface area (Å²) in [5.41, 5.74) is 6.10. The quantitative estimate of drug-likeness (QED) is 0.866. The molecule has 2 fully saturated rings. The molecule has 0 radical (unpaired) electrons. The van der Waals surface area contributed by atoms with Crippen molar-refractivity contribution >= 4 is 11.8 Å². The molecule has 1 saturated heterocycles. The molecule has 1 aromatic heterocycles. The Bertz CT molecular complexity index is 575. The molecule has 1 aliphatic carbocycles. The highest BCUT2D eigenvalue weighted by Gasteiger charge is 2.31. The number of nitrogens with zero attached hydrogens (tertiary/aromatic N) is 2. The van der Waals surface area contributed by atoms with Crippen LogP contribution in [0.3, 0.4) is 0 Å². The summed E-state index contributed by atoms with van der Waals surface area (Å²) >= 11 is 0. The lowest BCUT2D eigenvalue weighted by molar-refractivity contribution is 0.0927. The van der Waals surface area contributed by atoms with Crippen LogP contribution in [0.4, 0.5) is 0 Å². The molecular weight excluding hydrogens is 280 g/mol. The first-order valence-electron chi connectivity index (χ1n) is 8.05. The first-order chi connectivity index (χ1) is 10.5. The fourth-order valence-electron chi connectivity index (χ4n) is 3.69. The average molecular weight is 304 g/mol. The van der Waals surface area contributed by atoms with E-state index in [1.54, 1.807) is 23.9 Å². The summed E-state index contributed by atoms with van der Waals surface area (Å²) in [5, 5.41) is 3.09. The number of amides is 2. The first kappa shape index (κ1) is 15.1. The molecule has 2 aliphatic rings. The number of rotatable bonds is 4. The molecule has 3 rings (SSSR count). The number of carbonyl (C=O) groups excluding carboxylic acids is 2. The fraction of sp³-hybridized carbons (Fsp3) is 0.625. The van der Waals surface area contributed by atoms with E-state index in [1.165, 1.54) is 25.7 Å². The first-order valence-corrected chi connectivity index (χ1v) is 8.05. The van der Waals surface area contributed by atoms with Gasteiger partial charge in [-0.05, 0) is 25.3 Å². The summed E-state index contributed by atoms with van der Waals surface area (Å²) in [5.74, 6) is -0.642. The Morgan fingerprint density at radius 2 is 2.00 bits per heavy atom. The second-order valence-electron chi connectivity index (χ2n) is 6.48. The summed E-state index contributed by atoms with van der Waals surface area (Å²) < 4.78 is 1.65. The van der Waals surface area contributed by atoms with Gasteiger partial charge in [-0.3, -0.25) is 14.5 Å². The minimum absolute atomic E-state index is 0.131. The predicted molar refractivity (Wildman–Crippen MR) is 83.6 cm³/mol. The lowest BCUT2D eigenvalue weighted by Crippen LogP contribution is -2.39. The van der Waals surface area contributed by atoms with E-state index in [1.807, 2.05) is 0 Å². The number of aryl methyl sites for hydroxylation is 1. The molecule has 3 N–H and O–H groups in total. The lowest BCUT2D eigenvalue weighted by Gasteiger charge is -2.23. The number of carbonyl (C=O) groups is 2. The van der Waals surface area contributed by atoms with Gasteiger partial charge in [-0.1, -0.05) is 12.8 Å². The third kappa shape index (κ3) is 3.02. The third-order valence-corrected chi connectivity index (χ3v) is 4.92. The van der Waals surface area contributed by atoms with Crippen molar-refractivity contribution in [1.82, 2.24) is 14.8 Å². The fourth-order valence-corrected chi connectivity index (χ4v) is 3.69. The van der Waals surface area contributed by atoms with Crippen LogP contribution in [-0.2, 0) is 7.05 Å². The smallest absolute Gasteiger partial charge is 0.268 e. The maximum atomic E-state index is 12.4. The van der Waals surface area contributed by atoms with E-state index in [2.05, 4.69) is 10.2 Å². The van der Waals surface area contributed by atoms with Crippen molar-refractivity contribution in [3.8, 4) is 0 Å². The maximum absolute atomic E-state index is 12.4. The second-order valence-corrected chi connectivity index (χ2v) is 6.48. The van der Waals surface area contributed by atoms with Gasteiger partial charge in [0.15, 0.2) is 0 Å². The number of likely N-dealkylation sites (tertiary alicyclic amines) is 1. The van der Waals surface area contributed by atoms with Gasteiger partial charge in [0, 0.05) is 38.4 Å². The second kappa shape index (κ2) is 6.12. The summed E-state index contributed by atoms with van der Waals surface area (Å²) in [6, 6.07) is 2.46. The molecule has 0 spiro atoms. The standard InChI is InChI=1S/C16H24N4O2/c1-19-9-11(15(17)21)8-14(19)16(22)18-12-6-7-20(10-12)13-4-2-3-5-13/h8-9,12-13H,2-7,10H2,1H3,(H2,17,21)(H,18,22).